The molecule has 3 aromatic heterocycles. The predicted octanol–water partition coefficient (Wildman–Crippen LogP) is 32.8. The molecule has 0 saturated heterocycles. The molecule has 6 heterocycles. The number of hydrogen-bond acceptors (Lipinski definition) is 5. The van der Waals surface area contributed by atoms with Crippen LogP contribution in [0.5, 0.6) is 0 Å². The Balaban J connectivity index is 0.000000118. The fraction of sp³-hybridized carbons (Fsp3) is 0.0432. The van der Waals surface area contributed by atoms with E-state index in [0.29, 0.717) is 5.82 Å². The van der Waals surface area contributed by atoms with Crippen molar-refractivity contribution in [1.29, 1.82) is 0 Å². The summed E-state index contributed by atoms with van der Waals surface area (Å²) in [6, 6.07) is 190. The third kappa shape index (κ3) is 18.3. The summed E-state index contributed by atoms with van der Waals surface area (Å²) in [5.74, 6) is 1.44. The molecule has 26 rings (SSSR count). The molecule has 0 radical (unpaired) electrons. The van der Waals surface area contributed by atoms with Gasteiger partial charge in [0.1, 0.15) is 24.2 Å². The van der Waals surface area contributed by atoms with E-state index in [1.54, 1.807) is 20.7 Å². The smallest absolute Gasteiger partial charge is 0.160 e. The Labute approximate surface area is 864 Å². The van der Waals surface area contributed by atoms with Crippen LogP contribution < -0.4 is 31.1 Å². The van der Waals surface area contributed by atoms with Gasteiger partial charge in [-0.05, 0) is 195 Å². The SMILES string of the molecule is C[Si]1(C)c2ccccc2-c2ccc(-c3ccc(-c4ccc(-c5cc(-c6ccccc6)nc(-c6cccc(-c7ccccc7)c6)c5)cc4)cc3)cc21.C[Si]1(C)c2ccccc2-c2ccc(-c3ccc(-c4ccc(-c5cc(-c6ccccc6)nc(-c6ccccc6)n5)cc4)cc3)cc21.C[Si]1(C)c2ccccc2-c2ccc(-c3ccc(-c4ccc(-c5nc(-c6ccccc6)cc(-c6ccc(-c7ccccc7)cc6)n5)cc4)cc3)cc21. The minimum atomic E-state index is -1.71. The molecule has 0 bridgehead atoms. The Kier molecular flexibility index (Phi) is 24.5. The number of nitrogens with zero attached hydrogens (tertiary/aromatic N) is 5. The lowest BCUT2D eigenvalue weighted by Crippen LogP contribution is -2.49. The van der Waals surface area contributed by atoms with Crippen LogP contribution in [0.2, 0.25) is 39.3 Å². The molecule has 23 aromatic rings. The largest absolute Gasteiger partial charge is 0.248 e. The van der Waals surface area contributed by atoms with Crippen LogP contribution in [0.1, 0.15) is 0 Å². The first kappa shape index (κ1) is 91.8. The standard InChI is InChI=1S/C49H37NSi.C48H36N2Si.C42H32N2Si/c1-51(2)48-19-10-9-18-44(48)45-29-28-41(33-49(45)51)37-24-20-35(21-25-37)36-22-26-38(27-23-36)43-31-46(39-14-7-4-8-15-39)50-47(32-43)42-17-11-16-40(30-42)34-12-5-3-6-13-34;1-51(2)46-16-10-9-15-42(46)43-30-29-41(31-47(43)51)37-19-17-35(18-20-37)36-23-27-40(28-24-36)48-49-44(38-13-7-4-8-14-38)32-45(50-48)39-25-21-34(22-26-39)33-11-5-3-6-12-33;1-45(2)40-16-10-9-15-36(40)37-26-25-35(27-41(37)45)31-19-17-29(18-20-31)30-21-23-33(24-22-30)39-28-38(32-11-5-3-6-12-32)43-42(44-39)34-13-7-4-8-14-34/h3-33H,1-2H3;3-32H,1-2H3;3-28H,1-2H3. The monoisotopic (exact) mass is 1930 g/mol. The van der Waals surface area contributed by atoms with Crippen LogP contribution in [0.25, 0.3) is 224 Å². The molecule has 8 heteroatoms. The second kappa shape index (κ2) is 39.2. The van der Waals surface area contributed by atoms with Gasteiger partial charge in [0.2, 0.25) is 0 Å². The van der Waals surface area contributed by atoms with Crippen molar-refractivity contribution in [2.75, 3.05) is 0 Å². The summed E-state index contributed by atoms with van der Waals surface area (Å²) in [6.45, 7) is 14.9. The van der Waals surface area contributed by atoms with Crippen molar-refractivity contribution in [3.63, 3.8) is 0 Å². The van der Waals surface area contributed by atoms with Crippen LogP contribution in [0.4, 0.5) is 0 Å². The summed E-state index contributed by atoms with van der Waals surface area (Å²) in [4.78, 5) is 25.2. The summed E-state index contributed by atoms with van der Waals surface area (Å²) in [5.41, 5.74) is 44.4. The molecule has 0 atom stereocenters. The molecule has 698 valence electrons. The molecule has 0 amide bonds. The van der Waals surface area contributed by atoms with Crippen LogP contribution in [-0.2, 0) is 0 Å². The summed E-state index contributed by atoms with van der Waals surface area (Å²) < 4.78 is 0. The van der Waals surface area contributed by atoms with Crippen molar-refractivity contribution < 1.29 is 0 Å². The van der Waals surface area contributed by atoms with Crippen molar-refractivity contribution in [2.24, 2.45) is 0 Å². The van der Waals surface area contributed by atoms with Crippen LogP contribution in [0.3, 0.4) is 0 Å². The van der Waals surface area contributed by atoms with Gasteiger partial charge in [-0.15, -0.1) is 0 Å². The summed E-state index contributed by atoms with van der Waals surface area (Å²) in [5, 5.41) is 9.25. The summed E-state index contributed by atoms with van der Waals surface area (Å²) in [6.07, 6.45) is 0. The highest BCUT2D eigenvalue weighted by atomic mass is 28.3. The van der Waals surface area contributed by atoms with Gasteiger partial charge >= 0.3 is 0 Å². The lowest BCUT2D eigenvalue weighted by atomic mass is 9.95. The average molecular weight is 1930 g/mol. The van der Waals surface area contributed by atoms with Crippen molar-refractivity contribution >= 4 is 55.3 Å². The Bertz CT molecular complexity index is 8750. The number of fused-ring (bicyclic) bond motifs is 9. The zero-order chi connectivity index (χ0) is 99.1. The van der Waals surface area contributed by atoms with Crippen LogP contribution in [0, 0.1) is 0 Å². The highest BCUT2D eigenvalue weighted by molar-refractivity contribution is 7.05. The summed E-state index contributed by atoms with van der Waals surface area (Å²) >= 11 is 0. The molecule has 0 unspecified atom stereocenters. The van der Waals surface area contributed by atoms with E-state index in [9.17, 15) is 0 Å². The lowest BCUT2D eigenvalue weighted by Gasteiger charge is -2.19. The first-order chi connectivity index (χ1) is 72.1. The number of aromatic nitrogens is 5. The normalized spacial score (nSPS) is 12.7. The van der Waals surface area contributed by atoms with Gasteiger partial charge in [0.15, 0.2) is 11.6 Å². The second-order valence-corrected chi connectivity index (χ2v) is 53.1. The average Bonchev–Trinajstić information content (AvgIpc) is 1.61. The van der Waals surface area contributed by atoms with Gasteiger partial charge in [0, 0.05) is 44.5 Å². The fourth-order valence-corrected chi connectivity index (χ4v) is 31.1. The van der Waals surface area contributed by atoms with E-state index in [0.717, 1.165) is 90.1 Å². The highest BCUT2D eigenvalue weighted by Crippen LogP contribution is 2.42. The molecule has 0 saturated carbocycles. The van der Waals surface area contributed by atoms with Gasteiger partial charge in [0.25, 0.3) is 0 Å². The van der Waals surface area contributed by atoms with Crippen molar-refractivity contribution in [2.45, 2.75) is 39.3 Å². The molecule has 0 spiro atoms. The Morgan fingerprint density at radius 3 is 0.592 bits per heavy atom. The molecule has 147 heavy (non-hydrogen) atoms. The van der Waals surface area contributed by atoms with Gasteiger partial charge in [0.05, 0.1) is 34.2 Å². The van der Waals surface area contributed by atoms with Gasteiger partial charge in [-0.2, -0.15) is 0 Å². The Morgan fingerprint density at radius 1 is 0.109 bits per heavy atom. The fourth-order valence-electron chi connectivity index (χ4n) is 21.8. The van der Waals surface area contributed by atoms with Crippen molar-refractivity contribution in [3.05, 3.63) is 528 Å². The maximum absolute atomic E-state index is 5.17. The van der Waals surface area contributed by atoms with Crippen LogP contribution in [0.15, 0.2) is 528 Å². The molecule has 0 N–H and O–H groups in total. The van der Waals surface area contributed by atoms with E-state index in [2.05, 4.69) is 519 Å². The molecular formula is C139H105N5Si3. The van der Waals surface area contributed by atoms with E-state index < -0.39 is 24.2 Å². The third-order valence-electron chi connectivity index (χ3n) is 30.0. The molecule has 0 fully saturated rings. The van der Waals surface area contributed by atoms with Gasteiger partial charge in [-0.25, -0.2) is 24.9 Å². The molecule has 20 aromatic carbocycles. The van der Waals surface area contributed by atoms with E-state index in [-0.39, 0.29) is 0 Å². The maximum atomic E-state index is 5.17. The molecule has 0 aliphatic carbocycles. The van der Waals surface area contributed by atoms with E-state index >= 15 is 0 Å². The predicted molar refractivity (Wildman–Crippen MR) is 627 cm³/mol. The number of pyridine rings is 1. The second-order valence-electron chi connectivity index (χ2n) is 40.2. The minimum Gasteiger partial charge on any atom is -0.248 e. The first-order valence-electron chi connectivity index (χ1n) is 50.8. The molecule has 5 nitrogen and oxygen atoms in total. The highest BCUT2D eigenvalue weighted by Gasteiger charge is 2.40. The van der Waals surface area contributed by atoms with Gasteiger partial charge < -0.3 is 0 Å². The number of hydrogen-bond donors (Lipinski definition) is 0. The summed E-state index contributed by atoms with van der Waals surface area (Å²) in [7, 11) is -5.12. The van der Waals surface area contributed by atoms with E-state index in [1.165, 1.54) is 138 Å². The number of benzene rings is 20. The van der Waals surface area contributed by atoms with Gasteiger partial charge in [-0.3, -0.25) is 0 Å². The topological polar surface area (TPSA) is 64.5 Å². The van der Waals surface area contributed by atoms with Gasteiger partial charge in [-0.1, -0.05) is 537 Å². The maximum Gasteiger partial charge on any atom is 0.160 e. The van der Waals surface area contributed by atoms with Crippen molar-refractivity contribution in [3.8, 4) is 224 Å². The van der Waals surface area contributed by atoms with Crippen LogP contribution >= 0.6 is 0 Å². The van der Waals surface area contributed by atoms with E-state index in [4.69, 9.17) is 24.9 Å². The lowest BCUT2D eigenvalue weighted by molar-refractivity contribution is 1.18. The van der Waals surface area contributed by atoms with Crippen molar-refractivity contribution in [1.82, 2.24) is 24.9 Å². The number of rotatable bonds is 17. The Morgan fingerprint density at radius 2 is 0.286 bits per heavy atom. The van der Waals surface area contributed by atoms with E-state index in [1.807, 2.05) is 48.5 Å². The van der Waals surface area contributed by atoms with Crippen LogP contribution in [-0.4, -0.2) is 49.1 Å². The Hall–Kier alpha value is -17.6. The minimum absolute atomic E-state index is 0.714. The third-order valence-corrected chi connectivity index (χ3v) is 40.6. The quantitative estimate of drug-likeness (QED) is 0.0850. The molecule has 3 aliphatic heterocycles. The molecule has 3 aliphatic rings. The zero-order valence-electron chi connectivity index (χ0n) is 83.0. The zero-order valence-corrected chi connectivity index (χ0v) is 86.0. The first-order valence-corrected chi connectivity index (χ1v) is 59.8. The molecular weight excluding hydrogens is 1820 g/mol.